The van der Waals surface area contributed by atoms with Crippen molar-refractivity contribution >= 4 is 41.0 Å². The highest BCUT2D eigenvalue weighted by Gasteiger charge is 2.26. The molecule has 0 aliphatic carbocycles. The first kappa shape index (κ1) is 24.9. The van der Waals surface area contributed by atoms with Crippen molar-refractivity contribution in [2.45, 2.75) is 45.3 Å². The van der Waals surface area contributed by atoms with Gasteiger partial charge in [0.2, 0.25) is 5.91 Å². The van der Waals surface area contributed by atoms with Gasteiger partial charge in [-0.2, -0.15) is 0 Å². The van der Waals surface area contributed by atoms with Gasteiger partial charge in [0.1, 0.15) is 11.6 Å². The van der Waals surface area contributed by atoms with E-state index in [9.17, 15) is 19.2 Å². The van der Waals surface area contributed by atoms with Crippen molar-refractivity contribution in [2.24, 2.45) is 0 Å². The van der Waals surface area contributed by atoms with E-state index in [0.717, 1.165) is 0 Å². The van der Waals surface area contributed by atoms with Crippen LogP contribution in [0.5, 0.6) is 0 Å². The number of hydrogen-bond acceptors (Lipinski definition) is 5. The van der Waals surface area contributed by atoms with Gasteiger partial charge in [-0.15, -0.1) is 0 Å². The molecule has 1 atom stereocenters. The number of ketones is 1. The van der Waals surface area contributed by atoms with Crippen molar-refractivity contribution in [1.82, 2.24) is 5.32 Å². The van der Waals surface area contributed by atoms with Crippen LogP contribution in [-0.2, 0) is 14.3 Å². The minimum absolute atomic E-state index is 0.159. The molecule has 3 N–H and O–H groups in total. The van der Waals surface area contributed by atoms with E-state index in [1.165, 1.54) is 18.2 Å². The van der Waals surface area contributed by atoms with E-state index in [2.05, 4.69) is 10.6 Å². The average molecular weight is 461 g/mol. The summed E-state index contributed by atoms with van der Waals surface area (Å²) in [6.07, 6.45) is -1.39. The Hall–Kier alpha value is -3.39. The summed E-state index contributed by atoms with van der Waals surface area (Å²) in [4.78, 5) is 49.0. The van der Waals surface area contributed by atoms with Gasteiger partial charge in [0.05, 0.1) is 5.69 Å². The fourth-order valence-electron chi connectivity index (χ4n) is 2.76. The number of carbonyl (C=O) groups is 4. The number of aliphatic carboxylic acids is 1. The van der Waals surface area contributed by atoms with Crippen molar-refractivity contribution in [3.05, 3.63) is 64.7 Å². The number of rotatable bonds is 8. The van der Waals surface area contributed by atoms with Crippen LogP contribution >= 0.6 is 11.6 Å². The number of alkyl carbamates (subject to hydrolysis) is 1. The smallest absolute Gasteiger partial charge is 0.408 e. The number of carboxylic acid groups (broad SMARTS) is 1. The molecule has 0 aromatic heterocycles. The molecule has 2 amide bonds. The Labute approximate surface area is 190 Å². The van der Waals surface area contributed by atoms with E-state index in [1.54, 1.807) is 51.1 Å². The Morgan fingerprint density at radius 1 is 1.06 bits per heavy atom. The van der Waals surface area contributed by atoms with Gasteiger partial charge in [0.25, 0.3) is 0 Å². The van der Waals surface area contributed by atoms with Crippen LogP contribution in [0.2, 0.25) is 5.02 Å². The molecule has 0 saturated carbocycles. The van der Waals surface area contributed by atoms with Crippen LogP contribution in [-0.4, -0.2) is 40.5 Å². The molecular formula is C23H25ClN2O6. The Bertz CT molecular complexity index is 1000. The Balaban J connectivity index is 2.27. The maximum atomic E-state index is 12.9. The number of anilines is 1. The summed E-state index contributed by atoms with van der Waals surface area (Å²) in [6.45, 7) is 4.98. The summed E-state index contributed by atoms with van der Waals surface area (Å²) in [7, 11) is 0. The zero-order chi connectivity index (χ0) is 23.9. The lowest BCUT2D eigenvalue weighted by Gasteiger charge is -2.23. The number of benzene rings is 2. The summed E-state index contributed by atoms with van der Waals surface area (Å²) < 4.78 is 5.16. The molecule has 170 valence electrons. The summed E-state index contributed by atoms with van der Waals surface area (Å²) in [5.74, 6) is -2.17. The molecule has 0 aliphatic rings. The lowest BCUT2D eigenvalue weighted by molar-refractivity contribution is -0.137. The maximum Gasteiger partial charge on any atom is 0.408 e. The van der Waals surface area contributed by atoms with Crippen molar-refractivity contribution in [3.8, 4) is 0 Å². The molecule has 8 nitrogen and oxygen atoms in total. The van der Waals surface area contributed by atoms with Crippen LogP contribution in [0.1, 0.15) is 49.5 Å². The van der Waals surface area contributed by atoms with E-state index in [0.29, 0.717) is 10.6 Å². The number of ether oxygens (including phenoxy) is 1. The zero-order valence-electron chi connectivity index (χ0n) is 18.0. The van der Waals surface area contributed by atoms with Crippen LogP contribution in [0, 0.1) is 0 Å². The lowest BCUT2D eigenvalue weighted by Crippen LogP contribution is -2.46. The van der Waals surface area contributed by atoms with Gasteiger partial charge < -0.3 is 20.5 Å². The predicted molar refractivity (Wildman–Crippen MR) is 120 cm³/mol. The highest BCUT2D eigenvalue weighted by molar-refractivity contribution is 6.31. The molecule has 0 heterocycles. The number of carbonyl (C=O) groups excluding carboxylic acids is 3. The van der Waals surface area contributed by atoms with Crippen molar-refractivity contribution in [2.75, 3.05) is 5.32 Å². The summed E-state index contributed by atoms with van der Waals surface area (Å²) in [5.41, 5.74) is -0.0611. The first-order chi connectivity index (χ1) is 15.0. The van der Waals surface area contributed by atoms with Crippen LogP contribution in [0.4, 0.5) is 10.5 Å². The Kier molecular flexibility index (Phi) is 8.37. The SMILES string of the molecule is CC(C)(C)OC(=O)NC(CCC(=O)O)C(=O)Nc1ccc(Cl)cc1C(=O)c1ccccc1. The van der Waals surface area contributed by atoms with Gasteiger partial charge in [0, 0.05) is 22.6 Å². The molecule has 0 spiro atoms. The maximum absolute atomic E-state index is 12.9. The number of halogens is 1. The Morgan fingerprint density at radius 2 is 1.72 bits per heavy atom. The van der Waals surface area contributed by atoms with E-state index in [4.69, 9.17) is 21.4 Å². The van der Waals surface area contributed by atoms with E-state index in [1.807, 2.05) is 0 Å². The highest BCUT2D eigenvalue weighted by Crippen LogP contribution is 2.24. The molecule has 0 saturated heterocycles. The monoisotopic (exact) mass is 460 g/mol. The first-order valence-electron chi connectivity index (χ1n) is 9.88. The molecule has 2 aromatic carbocycles. The van der Waals surface area contributed by atoms with E-state index in [-0.39, 0.29) is 29.9 Å². The van der Waals surface area contributed by atoms with Gasteiger partial charge in [-0.1, -0.05) is 41.9 Å². The average Bonchev–Trinajstić information content (AvgIpc) is 2.71. The van der Waals surface area contributed by atoms with E-state index < -0.39 is 29.6 Å². The zero-order valence-corrected chi connectivity index (χ0v) is 18.7. The first-order valence-corrected chi connectivity index (χ1v) is 10.3. The van der Waals surface area contributed by atoms with Crippen LogP contribution in [0.3, 0.4) is 0 Å². The molecule has 32 heavy (non-hydrogen) atoms. The molecular weight excluding hydrogens is 436 g/mol. The fourth-order valence-corrected chi connectivity index (χ4v) is 2.94. The second-order valence-corrected chi connectivity index (χ2v) is 8.44. The Morgan fingerprint density at radius 3 is 2.31 bits per heavy atom. The topological polar surface area (TPSA) is 122 Å². The minimum atomic E-state index is -1.20. The molecule has 0 bridgehead atoms. The normalized spacial score (nSPS) is 11.9. The van der Waals surface area contributed by atoms with Crippen molar-refractivity contribution in [3.63, 3.8) is 0 Å². The largest absolute Gasteiger partial charge is 0.481 e. The minimum Gasteiger partial charge on any atom is -0.481 e. The van der Waals surface area contributed by atoms with Crippen molar-refractivity contribution in [1.29, 1.82) is 0 Å². The number of carboxylic acids is 1. The van der Waals surface area contributed by atoms with E-state index >= 15 is 0 Å². The molecule has 0 fully saturated rings. The second-order valence-electron chi connectivity index (χ2n) is 8.01. The van der Waals surface area contributed by atoms with Gasteiger partial charge in [-0.05, 0) is 45.4 Å². The lowest BCUT2D eigenvalue weighted by atomic mass is 10.0. The third-order valence-electron chi connectivity index (χ3n) is 4.17. The quantitative estimate of drug-likeness (QED) is 0.506. The third kappa shape index (κ3) is 7.70. The van der Waals surface area contributed by atoms with Gasteiger partial charge in [0.15, 0.2) is 5.78 Å². The summed E-state index contributed by atoms with van der Waals surface area (Å²) >= 11 is 6.06. The molecule has 0 aliphatic heterocycles. The fraction of sp³-hybridized carbons (Fsp3) is 0.304. The van der Waals surface area contributed by atoms with Crippen LogP contribution < -0.4 is 10.6 Å². The molecule has 1 unspecified atom stereocenters. The second kappa shape index (κ2) is 10.8. The molecule has 2 aromatic rings. The molecule has 0 radical (unpaired) electrons. The number of hydrogen-bond donors (Lipinski definition) is 3. The standard InChI is InChI=1S/C23H25ClN2O6/c1-23(2,3)32-22(31)26-18(11-12-19(27)28)21(30)25-17-10-9-15(24)13-16(17)20(29)14-7-5-4-6-8-14/h4-10,13,18H,11-12H2,1-3H3,(H,25,30)(H,26,31)(H,27,28). The van der Waals surface area contributed by atoms with Crippen LogP contribution in [0.15, 0.2) is 48.5 Å². The van der Waals surface area contributed by atoms with Crippen LogP contribution in [0.25, 0.3) is 0 Å². The number of nitrogens with one attached hydrogen (secondary N) is 2. The summed E-state index contributed by atoms with van der Waals surface area (Å²) in [5, 5.41) is 14.3. The van der Waals surface area contributed by atoms with Gasteiger partial charge in [-0.3, -0.25) is 14.4 Å². The predicted octanol–water partition coefficient (Wildman–Crippen LogP) is 4.27. The third-order valence-corrected chi connectivity index (χ3v) is 4.41. The van der Waals surface area contributed by atoms with Gasteiger partial charge in [-0.25, -0.2) is 4.79 Å². The van der Waals surface area contributed by atoms with Crippen molar-refractivity contribution < 1.29 is 29.0 Å². The highest BCUT2D eigenvalue weighted by atomic mass is 35.5. The van der Waals surface area contributed by atoms with Gasteiger partial charge >= 0.3 is 12.1 Å². The molecule has 9 heteroatoms. The molecule has 2 rings (SSSR count). The summed E-state index contributed by atoms with van der Waals surface area (Å²) in [6, 6.07) is 11.7. The number of amides is 2.